The van der Waals surface area contributed by atoms with Crippen LogP contribution in [-0.2, 0) is 9.84 Å². The number of hydrogen-bond acceptors (Lipinski definition) is 3. The Morgan fingerprint density at radius 3 is 2.36 bits per heavy atom. The first-order valence-corrected chi connectivity index (χ1v) is 7.42. The minimum Gasteiger partial charge on any atom is -0.243 e. The summed E-state index contributed by atoms with van der Waals surface area (Å²) in [5.74, 6) is 0. The summed E-state index contributed by atoms with van der Waals surface area (Å²) in [6.07, 6.45) is 1.42. The first kappa shape index (κ1) is 12.9. The zero-order chi connectivity index (χ0) is 11.0. The highest BCUT2D eigenvalue weighted by molar-refractivity contribution is 9.42. The monoisotopic (exact) mass is 425 g/mol. The molecule has 0 aliphatic heterocycles. The van der Waals surface area contributed by atoms with E-state index in [2.05, 4.69) is 52.8 Å². The molecule has 1 aromatic rings. The highest BCUT2D eigenvalue weighted by atomic mass is 80.0. The van der Waals surface area contributed by atoms with Crippen molar-refractivity contribution in [1.82, 2.24) is 4.98 Å². The van der Waals surface area contributed by atoms with Gasteiger partial charge in [0.1, 0.15) is 10.0 Å². The summed E-state index contributed by atoms with van der Waals surface area (Å²) >= 11 is 14.5. The van der Waals surface area contributed by atoms with Crippen LogP contribution in [0, 0.1) is 0 Å². The van der Waals surface area contributed by atoms with E-state index in [1.54, 1.807) is 0 Å². The molecule has 0 aromatic carbocycles. The first-order chi connectivity index (χ1) is 6.27. The van der Waals surface area contributed by atoms with E-state index in [1.807, 2.05) is 0 Å². The standard InChI is InChI=1S/C6H3Br3ClNO2S/c7-6(8,9)14(12,13)4-2-1-3-11-5(4)10/h1-3H. The molecule has 0 unspecified atom stereocenters. The van der Waals surface area contributed by atoms with Crippen molar-refractivity contribution in [2.24, 2.45) is 0 Å². The Kier molecular flexibility index (Phi) is 4.02. The largest absolute Gasteiger partial charge is 0.243 e. The molecule has 1 rings (SSSR count). The molecular formula is C6H3Br3ClNO2S. The topological polar surface area (TPSA) is 47.0 Å². The third-order valence-corrected chi connectivity index (χ3v) is 7.09. The van der Waals surface area contributed by atoms with Crippen molar-refractivity contribution in [1.29, 1.82) is 0 Å². The van der Waals surface area contributed by atoms with E-state index in [0.29, 0.717) is 0 Å². The summed E-state index contributed by atoms with van der Waals surface area (Å²) in [6.45, 7) is 0. The average molecular weight is 428 g/mol. The van der Waals surface area contributed by atoms with Gasteiger partial charge in [-0.2, -0.15) is 0 Å². The normalized spacial score (nSPS) is 12.9. The number of sulfone groups is 1. The van der Waals surface area contributed by atoms with Crippen LogP contribution in [0.3, 0.4) is 0 Å². The van der Waals surface area contributed by atoms with Crippen molar-refractivity contribution in [3.63, 3.8) is 0 Å². The molecule has 0 amide bonds. The smallest absolute Gasteiger partial charge is 0.239 e. The molecule has 3 nitrogen and oxygen atoms in total. The number of rotatable bonds is 1. The molecule has 0 aliphatic carbocycles. The van der Waals surface area contributed by atoms with Gasteiger partial charge in [-0.1, -0.05) is 11.6 Å². The van der Waals surface area contributed by atoms with Gasteiger partial charge < -0.3 is 0 Å². The fourth-order valence-corrected chi connectivity index (χ4v) is 3.47. The van der Waals surface area contributed by atoms with E-state index >= 15 is 0 Å². The summed E-state index contributed by atoms with van der Waals surface area (Å²) in [4.78, 5) is 3.63. The molecule has 0 fully saturated rings. The lowest BCUT2D eigenvalue weighted by molar-refractivity contribution is 0.598. The van der Waals surface area contributed by atoms with Crippen molar-refractivity contribution in [3.8, 4) is 0 Å². The predicted molar refractivity (Wildman–Crippen MR) is 65.9 cm³/mol. The molecule has 1 heterocycles. The molecule has 0 atom stereocenters. The molecule has 0 bridgehead atoms. The van der Waals surface area contributed by atoms with Gasteiger partial charge in [0.25, 0.3) is 0 Å². The Morgan fingerprint density at radius 1 is 1.36 bits per heavy atom. The molecule has 8 heteroatoms. The Bertz CT molecular complexity index is 443. The van der Waals surface area contributed by atoms with Crippen molar-refractivity contribution < 1.29 is 8.42 Å². The second kappa shape index (κ2) is 4.37. The summed E-state index contributed by atoms with van der Waals surface area (Å²) in [7, 11) is -3.65. The lowest BCUT2D eigenvalue weighted by Crippen LogP contribution is -2.18. The van der Waals surface area contributed by atoms with Gasteiger partial charge in [-0.15, -0.1) is 0 Å². The van der Waals surface area contributed by atoms with Crippen LogP contribution in [0.15, 0.2) is 23.2 Å². The Morgan fingerprint density at radius 2 is 1.93 bits per heavy atom. The van der Waals surface area contributed by atoms with Crippen LogP contribution in [0.4, 0.5) is 0 Å². The van der Waals surface area contributed by atoms with Crippen molar-refractivity contribution in [2.75, 3.05) is 0 Å². The second-order valence-corrected chi connectivity index (χ2v) is 13.0. The van der Waals surface area contributed by atoms with Gasteiger partial charge in [-0.05, 0) is 59.9 Å². The summed E-state index contributed by atoms with van der Waals surface area (Å²) < 4.78 is 22.2. The maximum absolute atomic E-state index is 11.8. The maximum atomic E-state index is 11.8. The summed E-state index contributed by atoms with van der Waals surface area (Å²) in [5, 5.41) is -0.0600. The van der Waals surface area contributed by atoms with Gasteiger partial charge in [-0.25, -0.2) is 13.4 Å². The van der Waals surface area contributed by atoms with E-state index in [-0.39, 0.29) is 10.0 Å². The Hall–Kier alpha value is 0.830. The first-order valence-electron chi connectivity index (χ1n) is 3.18. The number of aromatic nitrogens is 1. The fraction of sp³-hybridized carbons (Fsp3) is 0.167. The summed E-state index contributed by atoms with van der Waals surface area (Å²) in [6, 6.07) is 2.88. The molecule has 0 saturated heterocycles. The minimum absolute atomic E-state index is 0.0488. The SMILES string of the molecule is O=S(=O)(c1cccnc1Cl)C(Br)(Br)Br. The molecule has 0 aliphatic rings. The van der Waals surface area contributed by atoms with Crippen molar-refractivity contribution in [3.05, 3.63) is 23.5 Å². The highest BCUT2D eigenvalue weighted by Gasteiger charge is 2.38. The second-order valence-electron chi connectivity index (χ2n) is 2.24. The van der Waals surface area contributed by atoms with Gasteiger partial charge in [0.05, 0.1) is 0 Å². The minimum atomic E-state index is -3.65. The Balaban J connectivity index is 3.40. The van der Waals surface area contributed by atoms with Gasteiger partial charge in [0.2, 0.25) is 11.3 Å². The maximum Gasteiger partial charge on any atom is 0.239 e. The summed E-state index contributed by atoms with van der Waals surface area (Å²) in [5.41, 5.74) is 0. The van der Waals surface area contributed by atoms with E-state index in [0.717, 1.165) is 0 Å². The van der Waals surface area contributed by atoms with Crippen LogP contribution < -0.4 is 0 Å². The molecule has 0 N–H and O–H groups in total. The molecular weight excluding hydrogens is 425 g/mol. The quantitative estimate of drug-likeness (QED) is 0.510. The lowest BCUT2D eigenvalue weighted by Gasteiger charge is -2.13. The van der Waals surface area contributed by atoms with Crippen molar-refractivity contribution >= 4 is 69.2 Å². The van der Waals surface area contributed by atoms with E-state index < -0.39 is 11.3 Å². The van der Waals surface area contributed by atoms with Crippen LogP contribution in [0.25, 0.3) is 0 Å². The number of alkyl halides is 3. The predicted octanol–water partition coefficient (Wildman–Crippen LogP) is 3.30. The third-order valence-electron chi connectivity index (χ3n) is 1.32. The molecule has 78 valence electrons. The Labute approximate surface area is 112 Å². The average Bonchev–Trinajstić information content (AvgIpc) is 2.02. The highest BCUT2D eigenvalue weighted by Crippen LogP contribution is 2.44. The van der Waals surface area contributed by atoms with Crippen LogP contribution in [0.5, 0.6) is 0 Å². The van der Waals surface area contributed by atoms with Crippen molar-refractivity contribution in [2.45, 2.75) is 6.37 Å². The zero-order valence-electron chi connectivity index (χ0n) is 6.42. The van der Waals surface area contributed by atoms with Crippen LogP contribution >= 0.6 is 59.4 Å². The van der Waals surface area contributed by atoms with Crippen LogP contribution in [-0.4, -0.2) is 14.9 Å². The van der Waals surface area contributed by atoms with E-state index in [1.165, 1.54) is 18.3 Å². The van der Waals surface area contributed by atoms with Crippen LogP contribution in [0.2, 0.25) is 5.15 Å². The molecule has 0 spiro atoms. The van der Waals surface area contributed by atoms with Gasteiger partial charge in [0, 0.05) is 6.20 Å². The zero-order valence-corrected chi connectivity index (χ0v) is 12.7. The fourth-order valence-electron chi connectivity index (χ4n) is 0.696. The van der Waals surface area contributed by atoms with Gasteiger partial charge >= 0.3 is 0 Å². The molecule has 1 aromatic heterocycles. The number of halogens is 4. The third kappa shape index (κ3) is 2.49. The molecule has 0 radical (unpaired) electrons. The molecule has 14 heavy (non-hydrogen) atoms. The number of pyridine rings is 1. The van der Waals surface area contributed by atoms with Gasteiger partial charge in [0.15, 0.2) is 0 Å². The van der Waals surface area contributed by atoms with E-state index in [4.69, 9.17) is 11.6 Å². The van der Waals surface area contributed by atoms with E-state index in [9.17, 15) is 8.42 Å². The molecule has 0 saturated carbocycles. The van der Waals surface area contributed by atoms with Gasteiger partial charge in [-0.3, -0.25) is 0 Å². The van der Waals surface area contributed by atoms with Crippen LogP contribution in [0.1, 0.15) is 0 Å². The number of nitrogens with zero attached hydrogens (tertiary/aromatic N) is 1. The lowest BCUT2D eigenvalue weighted by atomic mass is 10.5. The number of hydrogen-bond donors (Lipinski definition) is 0.